The number of benzene rings is 2. The summed E-state index contributed by atoms with van der Waals surface area (Å²) in [5, 5.41) is 4.32. The average Bonchev–Trinajstić information content (AvgIpc) is 2.71. The van der Waals surface area contributed by atoms with E-state index in [9.17, 15) is 9.18 Å². The molecule has 7 heteroatoms. The quantitative estimate of drug-likeness (QED) is 0.451. The van der Waals surface area contributed by atoms with Crippen LogP contribution in [0.15, 0.2) is 41.5 Å². The largest absolute Gasteiger partial charge is 0.482 e. The topological polar surface area (TPSA) is 53.9 Å². The third-order valence-corrected chi connectivity index (χ3v) is 5.85. The number of amides is 1. The van der Waals surface area contributed by atoms with E-state index in [1.54, 1.807) is 30.3 Å². The Morgan fingerprint density at radius 3 is 2.84 bits per heavy atom. The molecule has 1 aliphatic rings. The normalized spacial score (nSPS) is 17.5. The van der Waals surface area contributed by atoms with Gasteiger partial charge >= 0.3 is 0 Å². The highest BCUT2D eigenvalue weighted by molar-refractivity contribution is 6.32. The number of fused-ring (bicyclic) bond motifs is 1. The lowest BCUT2D eigenvalue weighted by Gasteiger charge is -2.47. The number of anilines is 1. The molecule has 2 aromatic rings. The number of hydrogen-bond acceptors (Lipinski definition) is 4. The molecule has 0 saturated carbocycles. The molecule has 1 amide bonds. The molecule has 31 heavy (non-hydrogen) atoms. The van der Waals surface area contributed by atoms with Crippen molar-refractivity contribution < 1.29 is 13.9 Å². The fourth-order valence-electron chi connectivity index (χ4n) is 4.18. The van der Waals surface area contributed by atoms with Crippen LogP contribution < -0.4 is 15.1 Å². The van der Waals surface area contributed by atoms with Crippen LogP contribution in [-0.4, -0.2) is 30.8 Å². The van der Waals surface area contributed by atoms with Gasteiger partial charge in [-0.05, 0) is 62.4 Å². The molecule has 5 nitrogen and oxygen atoms in total. The van der Waals surface area contributed by atoms with Crippen LogP contribution in [0.5, 0.6) is 5.75 Å². The SMILES string of the molecule is CCCN1c2cc(F)c(/C=N/NC(=O)COc3ccccc3Cl)cc2C(C)CC1(C)C. The predicted octanol–water partition coefficient (Wildman–Crippen LogP) is 5.51. The highest BCUT2D eigenvalue weighted by Gasteiger charge is 2.36. The summed E-state index contributed by atoms with van der Waals surface area (Å²) in [6.07, 6.45) is 3.31. The molecular weight excluding hydrogens is 417 g/mol. The number of carbonyl (C=O) groups is 1. The number of nitrogens with zero attached hydrogens (tertiary/aromatic N) is 2. The highest BCUT2D eigenvalue weighted by atomic mass is 35.5. The van der Waals surface area contributed by atoms with Crippen LogP contribution in [0.25, 0.3) is 0 Å². The van der Waals surface area contributed by atoms with Crippen molar-refractivity contribution in [2.24, 2.45) is 5.10 Å². The zero-order chi connectivity index (χ0) is 22.6. The number of hydrogen-bond donors (Lipinski definition) is 1. The Balaban J connectivity index is 1.70. The minimum atomic E-state index is -0.459. The lowest BCUT2D eigenvalue weighted by atomic mass is 9.79. The lowest BCUT2D eigenvalue weighted by Crippen LogP contribution is -2.48. The molecule has 1 aliphatic heterocycles. The Morgan fingerprint density at radius 2 is 2.13 bits per heavy atom. The number of hydrazone groups is 1. The van der Waals surface area contributed by atoms with Crippen molar-refractivity contribution in [1.29, 1.82) is 0 Å². The predicted molar refractivity (Wildman–Crippen MR) is 124 cm³/mol. The monoisotopic (exact) mass is 445 g/mol. The van der Waals surface area contributed by atoms with Crippen molar-refractivity contribution in [2.75, 3.05) is 18.1 Å². The second-order valence-corrected chi connectivity index (χ2v) is 8.92. The maximum atomic E-state index is 14.8. The molecule has 1 N–H and O–H groups in total. The van der Waals surface area contributed by atoms with Crippen LogP contribution in [0.2, 0.25) is 5.02 Å². The zero-order valence-corrected chi connectivity index (χ0v) is 19.2. The molecule has 3 rings (SSSR count). The first kappa shape index (κ1) is 23.1. The van der Waals surface area contributed by atoms with Gasteiger partial charge in [-0.15, -0.1) is 0 Å². The maximum absolute atomic E-state index is 14.8. The van der Waals surface area contributed by atoms with Gasteiger partial charge in [0.05, 0.1) is 11.2 Å². The molecule has 0 aliphatic carbocycles. The molecule has 0 fully saturated rings. The second-order valence-electron chi connectivity index (χ2n) is 8.51. The van der Waals surface area contributed by atoms with Gasteiger partial charge in [-0.2, -0.15) is 5.10 Å². The third-order valence-electron chi connectivity index (χ3n) is 5.54. The first-order valence-electron chi connectivity index (χ1n) is 10.5. The van der Waals surface area contributed by atoms with Crippen LogP contribution in [0.1, 0.15) is 57.6 Å². The first-order chi connectivity index (χ1) is 14.7. The fourth-order valence-corrected chi connectivity index (χ4v) is 4.37. The molecule has 0 aromatic heterocycles. The van der Waals surface area contributed by atoms with E-state index in [2.05, 4.69) is 43.1 Å². The first-order valence-corrected chi connectivity index (χ1v) is 10.9. The van der Waals surface area contributed by atoms with Crippen LogP contribution in [0.3, 0.4) is 0 Å². The van der Waals surface area contributed by atoms with Gasteiger partial charge < -0.3 is 9.64 Å². The second kappa shape index (κ2) is 9.69. The summed E-state index contributed by atoms with van der Waals surface area (Å²) in [6.45, 7) is 9.33. The summed E-state index contributed by atoms with van der Waals surface area (Å²) < 4.78 is 20.2. The summed E-state index contributed by atoms with van der Waals surface area (Å²) >= 11 is 6.00. The van der Waals surface area contributed by atoms with Crippen LogP contribution in [0.4, 0.5) is 10.1 Å². The lowest BCUT2D eigenvalue weighted by molar-refractivity contribution is -0.123. The number of para-hydroxylation sites is 1. The van der Waals surface area contributed by atoms with E-state index in [4.69, 9.17) is 16.3 Å². The Kier molecular flexibility index (Phi) is 7.21. The van der Waals surface area contributed by atoms with Crippen molar-refractivity contribution in [3.8, 4) is 5.75 Å². The number of rotatable bonds is 7. The summed E-state index contributed by atoms with van der Waals surface area (Å²) in [6, 6.07) is 10.3. The minimum Gasteiger partial charge on any atom is -0.482 e. The minimum absolute atomic E-state index is 0.0277. The summed E-state index contributed by atoms with van der Waals surface area (Å²) in [4.78, 5) is 14.3. The van der Waals surface area contributed by atoms with E-state index < -0.39 is 5.91 Å². The van der Waals surface area contributed by atoms with Crippen molar-refractivity contribution in [3.05, 3.63) is 58.4 Å². The Bertz CT molecular complexity index is 977. The van der Waals surface area contributed by atoms with Gasteiger partial charge in [0.25, 0.3) is 5.91 Å². The smallest absolute Gasteiger partial charge is 0.277 e. The molecule has 1 heterocycles. The molecule has 0 spiro atoms. The molecule has 0 radical (unpaired) electrons. The van der Waals surface area contributed by atoms with E-state index in [1.807, 2.05) is 6.07 Å². The molecule has 0 saturated heterocycles. The molecule has 2 aromatic carbocycles. The van der Waals surface area contributed by atoms with Gasteiger partial charge in [-0.3, -0.25) is 4.79 Å². The van der Waals surface area contributed by atoms with Crippen molar-refractivity contribution in [2.45, 2.75) is 52.0 Å². The van der Waals surface area contributed by atoms with E-state index in [0.29, 0.717) is 22.3 Å². The number of ether oxygens (including phenoxy) is 1. The maximum Gasteiger partial charge on any atom is 0.277 e. The van der Waals surface area contributed by atoms with Crippen molar-refractivity contribution in [1.82, 2.24) is 5.43 Å². The summed E-state index contributed by atoms with van der Waals surface area (Å²) in [5.74, 6) is -0.115. The van der Waals surface area contributed by atoms with Gasteiger partial charge in [0.2, 0.25) is 0 Å². The molecule has 1 atom stereocenters. The Labute approximate surface area is 188 Å². The van der Waals surface area contributed by atoms with E-state index in [0.717, 1.165) is 30.6 Å². The third kappa shape index (κ3) is 5.37. The van der Waals surface area contributed by atoms with Gasteiger partial charge in [0.15, 0.2) is 6.61 Å². The Hall–Kier alpha value is -2.60. The molecule has 1 unspecified atom stereocenters. The number of carbonyl (C=O) groups excluding carboxylic acids is 1. The van der Waals surface area contributed by atoms with E-state index >= 15 is 0 Å². The van der Waals surface area contributed by atoms with Crippen LogP contribution in [-0.2, 0) is 4.79 Å². The standard InChI is InChI=1S/C24H29ClFN3O2/c1-5-10-29-21-12-20(26)17(11-18(21)16(2)13-24(29,3)4)14-27-28-23(30)15-31-22-9-7-6-8-19(22)25/h6-9,11-12,14,16H,5,10,13,15H2,1-4H3,(H,28,30)/b27-14+. The van der Waals surface area contributed by atoms with E-state index in [1.165, 1.54) is 6.21 Å². The van der Waals surface area contributed by atoms with Crippen LogP contribution >= 0.6 is 11.6 Å². The number of halogens is 2. The van der Waals surface area contributed by atoms with Gasteiger partial charge in [-0.25, -0.2) is 9.82 Å². The fraction of sp³-hybridized carbons (Fsp3) is 0.417. The van der Waals surface area contributed by atoms with Gasteiger partial charge in [0.1, 0.15) is 11.6 Å². The highest BCUT2D eigenvalue weighted by Crippen LogP contribution is 2.44. The summed E-state index contributed by atoms with van der Waals surface area (Å²) in [5.41, 5.74) is 4.72. The van der Waals surface area contributed by atoms with E-state index in [-0.39, 0.29) is 18.0 Å². The zero-order valence-electron chi connectivity index (χ0n) is 18.4. The molecular formula is C24H29ClFN3O2. The van der Waals surface area contributed by atoms with Crippen molar-refractivity contribution >= 4 is 29.4 Å². The van der Waals surface area contributed by atoms with Gasteiger partial charge in [0, 0.05) is 23.3 Å². The Morgan fingerprint density at radius 1 is 1.39 bits per heavy atom. The van der Waals surface area contributed by atoms with Crippen LogP contribution in [0, 0.1) is 5.82 Å². The average molecular weight is 446 g/mol. The summed E-state index contributed by atoms with van der Waals surface area (Å²) in [7, 11) is 0. The van der Waals surface area contributed by atoms with Gasteiger partial charge in [-0.1, -0.05) is 37.6 Å². The van der Waals surface area contributed by atoms with Crippen molar-refractivity contribution in [3.63, 3.8) is 0 Å². The molecule has 0 bridgehead atoms. The molecule has 166 valence electrons. The number of nitrogens with one attached hydrogen (secondary N) is 1.